The Morgan fingerprint density at radius 3 is 2.85 bits per heavy atom. The van der Waals surface area contributed by atoms with Crippen LogP contribution in [0.2, 0.25) is 0 Å². The van der Waals surface area contributed by atoms with Crippen LogP contribution in [-0.4, -0.2) is 34.9 Å². The number of H-pyrrole nitrogens is 1. The van der Waals surface area contributed by atoms with Crippen LogP contribution in [0.1, 0.15) is 38.3 Å². The minimum absolute atomic E-state index is 0.0229. The third-order valence-corrected chi connectivity index (χ3v) is 4.50. The van der Waals surface area contributed by atoms with Crippen molar-refractivity contribution >= 4 is 28.4 Å². The fraction of sp³-hybridized carbons (Fsp3) is 0.368. The molecule has 0 fully saturated rings. The summed E-state index contributed by atoms with van der Waals surface area (Å²) in [7, 11) is 1.23. The molecule has 7 nitrogen and oxygen atoms in total. The number of hydroxylamine groups is 1. The molecule has 0 bridgehead atoms. The number of amides is 1. The summed E-state index contributed by atoms with van der Waals surface area (Å²) in [5.41, 5.74) is 2.67. The van der Waals surface area contributed by atoms with E-state index >= 15 is 0 Å². The second-order valence-electron chi connectivity index (χ2n) is 6.43. The normalized spacial score (nSPS) is 19.6. The number of hydrogen-bond acceptors (Lipinski definition) is 5. The van der Waals surface area contributed by atoms with Crippen molar-refractivity contribution in [2.45, 2.75) is 38.4 Å². The highest BCUT2D eigenvalue weighted by molar-refractivity contribution is 6.24. The lowest BCUT2D eigenvalue weighted by Gasteiger charge is -2.24. The first-order valence-corrected chi connectivity index (χ1v) is 8.72. The van der Waals surface area contributed by atoms with Crippen LogP contribution in [-0.2, 0) is 19.2 Å². The first-order valence-electron chi connectivity index (χ1n) is 8.72. The van der Waals surface area contributed by atoms with Crippen molar-refractivity contribution in [3.63, 3.8) is 0 Å². The fourth-order valence-corrected chi connectivity index (χ4v) is 3.28. The van der Waals surface area contributed by atoms with Gasteiger partial charge in [0.15, 0.2) is 0 Å². The Morgan fingerprint density at radius 2 is 2.15 bits per heavy atom. The molecule has 2 aromatic rings. The van der Waals surface area contributed by atoms with Gasteiger partial charge in [0.25, 0.3) is 5.91 Å². The molecule has 2 heterocycles. The molecule has 8 heteroatoms. The number of rotatable bonds is 7. The molecule has 1 amide bonds. The summed E-state index contributed by atoms with van der Waals surface area (Å²) in [4.78, 5) is 32.3. The zero-order chi connectivity index (χ0) is 19.6. The van der Waals surface area contributed by atoms with E-state index in [-0.39, 0.29) is 17.6 Å². The number of benzene rings is 1. The molecule has 1 aromatic carbocycles. The van der Waals surface area contributed by atoms with Gasteiger partial charge in [0.2, 0.25) is 5.79 Å². The van der Waals surface area contributed by atoms with Crippen LogP contribution in [0.5, 0.6) is 0 Å². The number of hydrogen-bond donors (Lipinski definition) is 3. The average molecular weight is 376 g/mol. The van der Waals surface area contributed by atoms with Crippen molar-refractivity contribution in [3.05, 3.63) is 41.3 Å². The predicted octanol–water partition coefficient (Wildman–Crippen LogP) is 2.56. The minimum atomic E-state index is -1.95. The number of cyclic esters (lactones) is 1. The Labute approximate surface area is 155 Å². The van der Waals surface area contributed by atoms with Crippen LogP contribution in [0.15, 0.2) is 29.8 Å². The van der Waals surface area contributed by atoms with E-state index < -0.39 is 23.5 Å². The van der Waals surface area contributed by atoms with Gasteiger partial charge < -0.3 is 14.8 Å². The van der Waals surface area contributed by atoms with E-state index in [9.17, 15) is 19.1 Å². The van der Waals surface area contributed by atoms with Gasteiger partial charge in [-0.3, -0.25) is 9.63 Å². The highest BCUT2D eigenvalue weighted by Gasteiger charge is 2.49. The Hall–Kier alpha value is -2.71. The Bertz CT molecular complexity index is 920. The summed E-state index contributed by atoms with van der Waals surface area (Å²) in [6, 6.07) is 5.72. The van der Waals surface area contributed by atoms with Crippen LogP contribution >= 0.6 is 0 Å². The van der Waals surface area contributed by atoms with Gasteiger partial charge in [0.05, 0.1) is 18.4 Å². The van der Waals surface area contributed by atoms with Crippen LogP contribution in [0.4, 0.5) is 4.39 Å². The summed E-state index contributed by atoms with van der Waals surface area (Å²) >= 11 is 0. The number of aromatic amines is 1. The summed E-state index contributed by atoms with van der Waals surface area (Å²) in [5.74, 6) is -4.14. The van der Waals surface area contributed by atoms with Gasteiger partial charge in [-0.2, -0.15) is 0 Å². The van der Waals surface area contributed by atoms with Gasteiger partial charge in [-0.15, -0.1) is 0 Å². The second kappa shape index (κ2) is 7.50. The molecule has 1 aliphatic rings. The molecule has 27 heavy (non-hydrogen) atoms. The SMILES string of the molecule is CCCCCC1(O)OC(=O)C(C(=O)NOC)=C1c1cc2cc(F)ccc2[nH]1. The summed E-state index contributed by atoms with van der Waals surface area (Å²) < 4.78 is 18.7. The smallest absolute Gasteiger partial charge is 0.347 e. The maximum absolute atomic E-state index is 13.5. The summed E-state index contributed by atoms with van der Waals surface area (Å²) in [6.07, 6.45) is 2.46. The van der Waals surface area contributed by atoms with E-state index in [0.717, 1.165) is 12.8 Å². The molecule has 0 radical (unpaired) electrons. The van der Waals surface area contributed by atoms with Gasteiger partial charge in [0, 0.05) is 17.3 Å². The number of carbonyl (C=O) groups excluding carboxylic acids is 2. The van der Waals surface area contributed by atoms with E-state index in [0.29, 0.717) is 23.0 Å². The van der Waals surface area contributed by atoms with Crippen molar-refractivity contribution in [2.24, 2.45) is 0 Å². The van der Waals surface area contributed by atoms with E-state index in [1.807, 2.05) is 6.92 Å². The zero-order valence-corrected chi connectivity index (χ0v) is 15.1. The van der Waals surface area contributed by atoms with Crippen LogP contribution in [0.25, 0.3) is 16.5 Å². The number of esters is 1. The molecule has 1 unspecified atom stereocenters. The van der Waals surface area contributed by atoms with Crippen molar-refractivity contribution < 1.29 is 28.7 Å². The first-order chi connectivity index (χ1) is 12.9. The molecule has 0 saturated carbocycles. The number of nitrogens with one attached hydrogen (secondary N) is 2. The monoisotopic (exact) mass is 376 g/mol. The molecule has 0 saturated heterocycles. The van der Waals surface area contributed by atoms with Crippen molar-refractivity contribution in [2.75, 3.05) is 7.11 Å². The molecule has 144 valence electrons. The number of halogens is 1. The lowest BCUT2D eigenvalue weighted by molar-refractivity contribution is -0.178. The standard InChI is InChI=1S/C19H21FN2O5/c1-3-4-5-8-19(25)16(15(18(24)27-19)17(23)22-26-2)14-10-11-9-12(20)6-7-13(11)21-14/h6-7,9-10,21,25H,3-5,8H2,1-2H3,(H,22,23). The number of ether oxygens (including phenoxy) is 1. The summed E-state index contributed by atoms with van der Waals surface area (Å²) in [5, 5.41) is 11.6. The number of aromatic nitrogens is 1. The molecular weight excluding hydrogens is 355 g/mol. The quantitative estimate of drug-likeness (QED) is 0.298. The molecular formula is C19H21FN2O5. The van der Waals surface area contributed by atoms with Gasteiger partial charge in [-0.1, -0.05) is 19.8 Å². The van der Waals surface area contributed by atoms with Crippen LogP contribution < -0.4 is 5.48 Å². The maximum atomic E-state index is 13.5. The highest BCUT2D eigenvalue weighted by Crippen LogP contribution is 2.42. The highest BCUT2D eigenvalue weighted by atomic mass is 19.1. The fourth-order valence-electron chi connectivity index (χ4n) is 3.28. The lowest BCUT2D eigenvalue weighted by Crippen LogP contribution is -2.31. The molecule has 0 spiro atoms. The Balaban J connectivity index is 2.13. The van der Waals surface area contributed by atoms with Crippen LogP contribution in [0, 0.1) is 5.82 Å². The van der Waals surface area contributed by atoms with Crippen molar-refractivity contribution in [1.29, 1.82) is 0 Å². The Kier molecular flexibility index (Phi) is 5.29. The second-order valence-corrected chi connectivity index (χ2v) is 6.43. The topological polar surface area (TPSA) is 101 Å². The minimum Gasteiger partial charge on any atom is -0.425 e. The number of aliphatic hydroxyl groups is 1. The Morgan fingerprint density at radius 1 is 1.37 bits per heavy atom. The van der Waals surface area contributed by atoms with Gasteiger partial charge >= 0.3 is 5.97 Å². The lowest BCUT2D eigenvalue weighted by atomic mass is 9.94. The van der Waals surface area contributed by atoms with E-state index in [4.69, 9.17) is 4.74 Å². The van der Waals surface area contributed by atoms with E-state index in [2.05, 4.69) is 15.3 Å². The van der Waals surface area contributed by atoms with E-state index in [1.54, 1.807) is 6.07 Å². The third kappa shape index (κ3) is 3.58. The van der Waals surface area contributed by atoms with E-state index in [1.165, 1.54) is 25.3 Å². The third-order valence-electron chi connectivity index (χ3n) is 4.50. The predicted molar refractivity (Wildman–Crippen MR) is 95.5 cm³/mol. The average Bonchev–Trinajstić information content (AvgIpc) is 3.12. The maximum Gasteiger partial charge on any atom is 0.347 e. The van der Waals surface area contributed by atoms with Crippen LogP contribution in [0.3, 0.4) is 0 Å². The van der Waals surface area contributed by atoms with Gasteiger partial charge in [-0.05, 0) is 30.7 Å². The molecule has 1 aromatic heterocycles. The molecule has 1 aliphatic heterocycles. The molecule has 3 rings (SSSR count). The number of carbonyl (C=O) groups is 2. The first kappa shape index (κ1) is 19.1. The van der Waals surface area contributed by atoms with Crippen molar-refractivity contribution in [3.8, 4) is 0 Å². The molecule has 1 atom stereocenters. The molecule has 0 aliphatic carbocycles. The van der Waals surface area contributed by atoms with Gasteiger partial charge in [0.1, 0.15) is 11.4 Å². The zero-order valence-electron chi connectivity index (χ0n) is 15.1. The number of fused-ring (bicyclic) bond motifs is 1. The number of unbranched alkanes of at least 4 members (excludes halogenated alkanes) is 2. The van der Waals surface area contributed by atoms with Crippen molar-refractivity contribution in [1.82, 2.24) is 10.5 Å². The van der Waals surface area contributed by atoms with Gasteiger partial charge in [-0.25, -0.2) is 14.7 Å². The summed E-state index contributed by atoms with van der Waals surface area (Å²) in [6.45, 7) is 2.01. The largest absolute Gasteiger partial charge is 0.425 e. The molecule has 3 N–H and O–H groups in total.